The van der Waals surface area contributed by atoms with E-state index in [1.807, 2.05) is 6.92 Å². The lowest BCUT2D eigenvalue weighted by Gasteiger charge is -2.26. The third-order valence-electron chi connectivity index (χ3n) is 5.00. The first-order valence-corrected chi connectivity index (χ1v) is 8.52. The predicted octanol–water partition coefficient (Wildman–Crippen LogP) is 1.44. The highest BCUT2D eigenvalue weighted by Gasteiger charge is 2.46. The number of rotatable bonds is 6. The van der Waals surface area contributed by atoms with Crippen molar-refractivity contribution < 1.29 is 24.2 Å². The maximum Gasteiger partial charge on any atom is 0.336 e. The number of carbonyl (C=O) groups is 2. The van der Waals surface area contributed by atoms with Gasteiger partial charge in [0.2, 0.25) is 0 Å². The first-order chi connectivity index (χ1) is 11.5. The van der Waals surface area contributed by atoms with Gasteiger partial charge in [0, 0.05) is 18.0 Å². The molecule has 0 aromatic carbocycles. The van der Waals surface area contributed by atoms with Gasteiger partial charge in [-0.25, -0.2) is 9.59 Å². The fourth-order valence-corrected chi connectivity index (χ4v) is 3.42. The maximum absolute atomic E-state index is 12.0. The van der Waals surface area contributed by atoms with Gasteiger partial charge in [-0.3, -0.25) is 4.90 Å². The number of fused-ring (bicyclic) bond motifs is 1. The fraction of sp³-hybridized carbons (Fsp3) is 0.667. The molecule has 6 nitrogen and oxygen atoms in total. The molecule has 2 aliphatic heterocycles. The molecular weight excluding hydrogens is 310 g/mol. The lowest BCUT2D eigenvalue weighted by molar-refractivity contribution is -0.148. The monoisotopic (exact) mass is 337 g/mol. The molecule has 0 amide bonds. The van der Waals surface area contributed by atoms with E-state index < -0.39 is 5.97 Å². The number of hydrogen-bond acceptors (Lipinski definition) is 6. The SMILES string of the molecule is CC=C(C)C(=O)OC1CCN2CCC(COC(=O)C(=CC)CO)C12. The van der Waals surface area contributed by atoms with Gasteiger partial charge >= 0.3 is 11.9 Å². The van der Waals surface area contributed by atoms with Crippen LogP contribution in [0.15, 0.2) is 23.3 Å². The predicted molar refractivity (Wildman–Crippen MR) is 89.2 cm³/mol. The Kier molecular flexibility index (Phi) is 6.57. The smallest absolute Gasteiger partial charge is 0.336 e. The molecule has 0 aromatic rings. The Labute approximate surface area is 143 Å². The molecule has 3 unspecified atom stereocenters. The zero-order valence-corrected chi connectivity index (χ0v) is 14.7. The van der Waals surface area contributed by atoms with Crippen molar-refractivity contribution in [1.29, 1.82) is 0 Å². The Morgan fingerprint density at radius 2 is 1.88 bits per heavy atom. The summed E-state index contributed by atoms with van der Waals surface area (Å²) in [6.07, 6.45) is 4.88. The van der Waals surface area contributed by atoms with E-state index in [1.54, 1.807) is 26.0 Å². The molecule has 0 aliphatic carbocycles. The van der Waals surface area contributed by atoms with Crippen LogP contribution in [0.4, 0.5) is 0 Å². The Bertz CT molecular complexity index is 540. The maximum atomic E-state index is 12.0. The van der Waals surface area contributed by atoms with Gasteiger partial charge in [-0.15, -0.1) is 0 Å². The average Bonchev–Trinajstić information content (AvgIpc) is 3.16. The van der Waals surface area contributed by atoms with Crippen molar-refractivity contribution in [2.24, 2.45) is 5.92 Å². The van der Waals surface area contributed by atoms with Crippen LogP contribution in [0, 0.1) is 5.92 Å². The van der Waals surface area contributed by atoms with Crippen LogP contribution >= 0.6 is 0 Å². The van der Waals surface area contributed by atoms with Crippen molar-refractivity contribution >= 4 is 11.9 Å². The zero-order valence-electron chi connectivity index (χ0n) is 14.7. The van der Waals surface area contributed by atoms with Gasteiger partial charge in [0.15, 0.2) is 0 Å². The summed E-state index contributed by atoms with van der Waals surface area (Å²) in [6, 6.07) is 0.106. The first-order valence-electron chi connectivity index (χ1n) is 8.52. The van der Waals surface area contributed by atoms with E-state index in [0.717, 1.165) is 25.9 Å². The lowest BCUT2D eigenvalue weighted by atomic mass is 9.97. The van der Waals surface area contributed by atoms with Gasteiger partial charge in [-0.05, 0) is 40.2 Å². The lowest BCUT2D eigenvalue weighted by Crippen LogP contribution is -2.38. The molecule has 0 saturated carbocycles. The minimum absolute atomic E-state index is 0.106. The minimum Gasteiger partial charge on any atom is -0.462 e. The fourth-order valence-electron chi connectivity index (χ4n) is 3.42. The molecule has 2 aliphatic rings. The van der Waals surface area contributed by atoms with Gasteiger partial charge in [0.25, 0.3) is 0 Å². The van der Waals surface area contributed by atoms with E-state index >= 15 is 0 Å². The third-order valence-corrected chi connectivity index (χ3v) is 5.00. The van der Waals surface area contributed by atoms with Crippen LogP contribution in [0.25, 0.3) is 0 Å². The quantitative estimate of drug-likeness (QED) is 0.584. The van der Waals surface area contributed by atoms with E-state index in [1.165, 1.54) is 0 Å². The number of aliphatic hydroxyl groups is 1. The van der Waals surface area contributed by atoms with Crippen molar-refractivity contribution in [3.05, 3.63) is 23.3 Å². The number of allylic oxidation sites excluding steroid dienone is 2. The second-order valence-corrected chi connectivity index (χ2v) is 6.35. The van der Waals surface area contributed by atoms with Gasteiger partial charge in [-0.1, -0.05) is 12.2 Å². The van der Waals surface area contributed by atoms with Gasteiger partial charge in [-0.2, -0.15) is 0 Å². The molecule has 0 radical (unpaired) electrons. The molecule has 134 valence electrons. The molecule has 2 heterocycles. The van der Waals surface area contributed by atoms with E-state index in [-0.39, 0.29) is 42.8 Å². The summed E-state index contributed by atoms with van der Waals surface area (Å²) in [7, 11) is 0. The van der Waals surface area contributed by atoms with Crippen LogP contribution < -0.4 is 0 Å². The van der Waals surface area contributed by atoms with Crippen LogP contribution in [0.3, 0.4) is 0 Å². The van der Waals surface area contributed by atoms with Crippen LogP contribution in [0.2, 0.25) is 0 Å². The Hall–Kier alpha value is -1.66. The zero-order chi connectivity index (χ0) is 17.7. The highest BCUT2D eigenvalue weighted by Crippen LogP contribution is 2.35. The molecule has 2 saturated heterocycles. The van der Waals surface area contributed by atoms with Crippen molar-refractivity contribution in [3.8, 4) is 0 Å². The summed E-state index contributed by atoms with van der Waals surface area (Å²) in [4.78, 5) is 26.2. The number of aliphatic hydroxyl groups excluding tert-OH is 1. The summed E-state index contributed by atoms with van der Waals surface area (Å²) in [6.45, 7) is 7.05. The van der Waals surface area contributed by atoms with Gasteiger partial charge in [0.05, 0.1) is 24.8 Å². The summed E-state index contributed by atoms with van der Waals surface area (Å²) < 4.78 is 11.0. The van der Waals surface area contributed by atoms with Gasteiger partial charge in [0.1, 0.15) is 6.10 Å². The van der Waals surface area contributed by atoms with E-state index in [0.29, 0.717) is 5.57 Å². The van der Waals surface area contributed by atoms with E-state index in [9.17, 15) is 9.59 Å². The van der Waals surface area contributed by atoms with Crippen molar-refractivity contribution in [2.45, 2.75) is 45.8 Å². The normalized spacial score (nSPS) is 27.9. The van der Waals surface area contributed by atoms with Crippen LogP contribution in [0.1, 0.15) is 33.6 Å². The van der Waals surface area contributed by atoms with Crippen molar-refractivity contribution in [3.63, 3.8) is 0 Å². The number of hydrogen-bond donors (Lipinski definition) is 1. The van der Waals surface area contributed by atoms with E-state index in [4.69, 9.17) is 14.6 Å². The molecular formula is C18H27NO5. The molecule has 0 aromatic heterocycles. The molecule has 0 bridgehead atoms. The van der Waals surface area contributed by atoms with Crippen molar-refractivity contribution in [2.75, 3.05) is 26.3 Å². The van der Waals surface area contributed by atoms with Crippen LogP contribution in [0.5, 0.6) is 0 Å². The minimum atomic E-state index is -0.477. The molecule has 6 heteroatoms. The average molecular weight is 337 g/mol. The molecule has 1 N–H and O–H groups in total. The largest absolute Gasteiger partial charge is 0.462 e. The number of nitrogens with zero attached hydrogens (tertiary/aromatic N) is 1. The molecule has 24 heavy (non-hydrogen) atoms. The molecule has 0 spiro atoms. The number of ether oxygens (including phenoxy) is 2. The van der Waals surface area contributed by atoms with Crippen LogP contribution in [-0.2, 0) is 19.1 Å². The van der Waals surface area contributed by atoms with Crippen LogP contribution in [-0.4, -0.2) is 60.4 Å². The first kappa shape index (κ1) is 18.7. The van der Waals surface area contributed by atoms with Gasteiger partial charge < -0.3 is 14.6 Å². The number of carbonyl (C=O) groups excluding carboxylic acids is 2. The highest BCUT2D eigenvalue weighted by molar-refractivity contribution is 5.88. The molecule has 3 atom stereocenters. The molecule has 2 rings (SSSR count). The van der Waals surface area contributed by atoms with Crippen molar-refractivity contribution in [1.82, 2.24) is 4.90 Å². The standard InChI is InChI=1S/C18H27NO5/c1-4-12(3)17(21)24-15-7-9-19-8-6-14(16(15)19)11-23-18(22)13(5-2)10-20/h4-5,14-16,20H,6-11H2,1-3H3. The summed E-state index contributed by atoms with van der Waals surface area (Å²) >= 11 is 0. The summed E-state index contributed by atoms with van der Waals surface area (Å²) in [5.41, 5.74) is 0.873. The summed E-state index contributed by atoms with van der Waals surface area (Å²) in [5.74, 6) is -0.602. The topological polar surface area (TPSA) is 76.1 Å². The Morgan fingerprint density at radius 1 is 1.17 bits per heavy atom. The van der Waals surface area contributed by atoms with E-state index in [2.05, 4.69) is 4.90 Å². The Morgan fingerprint density at radius 3 is 2.50 bits per heavy atom. The highest BCUT2D eigenvalue weighted by atomic mass is 16.5. The second kappa shape index (κ2) is 8.44. The second-order valence-electron chi connectivity index (χ2n) is 6.35. The number of esters is 2. The Balaban J connectivity index is 1.95. The molecule has 2 fully saturated rings. The third kappa shape index (κ3) is 4.05. The summed E-state index contributed by atoms with van der Waals surface area (Å²) in [5, 5.41) is 9.12.